The zero-order chi connectivity index (χ0) is 17.1. The van der Waals surface area contributed by atoms with Gasteiger partial charge in [0, 0.05) is 30.8 Å². The van der Waals surface area contributed by atoms with Crippen molar-refractivity contribution < 1.29 is 18.3 Å². The van der Waals surface area contributed by atoms with Gasteiger partial charge >= 0.3 is 0 Å². The van der Waals surface area contributed by atoms with E-state index in [2.05, 4.69) is 0 Å². The molecule has 0 radical (unpaired) electrons. The van der Waals surface area contributed by atoms with Crippen molar-refractivity contribution in [3.8, 4) is 11.5 Å². The van der Waals surface area contributed by atoms with Crippen LogP contribution in [0.2, 0.25) is 0 Å². The summed E-state index contributed by atoms with van der Waals surface area (Å²) in [4.78, 5) is 14.2. The predicted molar refractivity (Wildman–Crippen MR) is 86.0 cm³/mol. The van der Waals surface area contributed by atoms with Gasteiger partial charge in [0.25, 0.3) is 5.91 Å². The number of hydrogen-bond acceptors (Lipinski definition) is 3. The van der Waals surface area contributed by atoms with Crippen LogP contribution >= 0.6 is 0 Å². The van der Waals surface area contributed by atoms with Crippen LogP contribution in [-0.2, 0) is 0 Å². The Morgan fingerprint density at radius 1 is 1.08 bits per heavy atom. The molecular weight excluding hydrogens is 314 g/mol. The van der Waals surface area contributed by atoms with Gasteiger partial charge in [-0.3, -0.25) is 4.79 Å². The van der Waals surface area contributed by atoms with Crippen LogP contribution in [0.15, 0.2) is 42.5 Å². The van der Waals surface area contributed by atoms with Gasteiger partial charge in [0.05, 0.1) is 0 Å². The predicted octanol–water partition coefficient (Wildman–Crippen LogP) is 3.32. The molecule has 24 heavy (non-hydrogen) atoms. The fraction of sp³-hybridized carbons (Fsp3) is 0.278. The second-order valence-corrected chi connectivity index (χ2v) is 5.86. The number of amides is 1. The molecule has 1 saturated heterocycles. The van der Waals surface area contributed by atoms with Crippen molar-refractivity contribution in [3.05, 3.63) is 59.7 Å². The van der Waals surface area contributed by atoms with E-state index >= 15 is 0 Å². The molecule has 1 aliphatic rings. The van der Waals surface area contributed by atoms with Crippen molar-refractivity contribution in [3.63, 3.8) is 0 Å². The summed E-state index contributed by atoms with van der Waals surface area (Å²) in [5.74, 6) is -1.34. The molecule has 1 aliphatic heterocycles. The second kappa shape index (κ2) is 6.97. The number of nitrogens with two attached hydrogens (primary N) is 1. The molecule has 0 aliphatic carbocycles. The maximum Gasteiger partial charge on any atom is 0.253 e. The molecule has 2 N–H and O–H groups in total. The Hall–Kier alpha value is -2.47. The van der Waals surface area contributed by atoms with Crippen molar-refractivity contribution in [2.24, 2.45) is 5.73 Å². The van der Waals surface area contributed by atoms with Crippen molar-refractivity contribution in [1.29, 1.82) is 0 Å². The quantitative estimate of drug-likeness (QED) is 0.938. The molecule has 6 heteroatoms. The molecule has 2 aromatic carbocycles. The zero-order valence-corrected chi connectivity index (χ0v) is 13.0. The lowest BCUT2D eigenvalue weighted by atomic mass is 10.1. The summed E-state index contributed by atoms with van der Waals surface area (Å²) in [7, 11) is 0. The van der Waals surface area contributed by atoms with E-state index in [1.54, 1.807) is 29.2 Å². The minimum Gasteiger partial charge on any atom is -0.457 e. The molecule has 126 valence electrons. The molecular formula is C18H18F2N2O2. The summed E-state index contributed by atoms with van der Waals surface area (Å²) >= 11 is 0. The molecule has 1 atom stereocenters. The van der Waals surface area contributed by atoms with Gasteiger partial charge in [0.1, 0.15) is 11.5 Å². The van der Waals surface area contributed by atoms with Crippen molar-refractivity contribution in [2.75, 3.05) is 13.1 Å². The fourth-order valence-corrected chi connectivity index (χ4v) is 2.72. The maximum absolute atomic E-state index is 13.2. The van der Waals surface area contributed by atoms with E-state index < -0.39 is 11.6 Å². The SMILES string of the molecule is NC1CCCN(C(=O)c2ccc(Oc3ccc(F)c(F)c3)cc2)C1. The first-order valence-corrected chi connectivity index (χ1v) is 7.81. The van der Waals surface area contributed by atoms with E-state index in [9.17, 15) is 13.6 Å². The molecule has 0 aromatic heterocycles. The Balaban J connectivity index is 1.68. The summed E-state index contributed by atoms with van der Waals surface area (Å²) in [5.41, 5.74) is 6.45. The number of hydrogen-bond donors (Lipinski definition) is 1. The molecule has 0 saturated carbocycles. The van der Waals surface area contributed by atoms with Gasteiger partial charge in [0.15, 0.2) is 11.6 Å². The minimum atomic E-state index is -0.972. The summed E-state index contributed by atoms with van der Waals surface area (Å²) in [5, 5.41) is 0. The van der Waals surface area contributed by atoms with Gasteiger partial charge in [-0.05, 0) is 49.2 Å². The summed E-state index contributed by atoms with van der Waals surface area (Å²) in [6.07, 6.45) is 1.84. The number of ether oxygens (including phenoxy) is 1. The van der Waals surface area contributed by atoms with Crippen LogP contribution in [0.3, 0.4) is 0 Å². The van der Waals surface area contributed by atoms with Crippen LogP contribution in [0.4, 0.5) is 8.78 Å². The third kappa shape index (κ3) is 3.71. The van der Waals surface area contributed by atoms with Gasteiger partial charge in [-0.2, -0.15) is 0 Å². The van der Waals surface area contributed by atoms with Crippen LogP contribution in [0.5, 0.6) is 11.5 Å². The Morgan fingerprint density at radius 3 is 2.46 bits per heavy atom. The third-order valence-electron chi connectivity index (χ3n) is 3.97. The number of piperidine rings is 1. The van der Waals surface area contributed by atoms with E-state index in [1.807, 2.05) is 0 Å². The molecule has 3 rings (SSSR count). The first kappa shape index (κ1) is 16.4. The third-order valence-corrected chi connectivity index (χ3v) is 3.97. The molecule has 1 heterocycles. The highest BCUT2D eigenvalue weighted by Gasteiger charge is 2.22. The topological polar surface area (TPSA) is 55.6 Å². The maximum atomic E-state index is 13.2. The lowest BCUT2D eigenvalue weighted by Gasteiger charge is -2.30. The Labute approximate surface area is 138 Å². The van der Waals surface area contributed by atoms with Gasteiger partial charge in [-0.1, -0.05) is 0 Å². The Bertz CT molecular complexity index is 734. The number of carbonyl (C=O) groups is 1. The van der Waals surface area contributed by atoms with Crippen LogP contribution in [0, 0.1) is 11.6 Å². The number of likely N-dealkylation sites (tertiary alicyclic amines) is 1. The first-order valence-electron chi connectivity index (χ1n) is 7.81. The number of carbonyl (C=O) groups excluding carboxylic acids is 1. The second-order valence-electron chi connectivity index (χ2n) is 5.86. The van der Waals surface area contributed by atoms with Gasteiger partial charge in [0.2, 0.25) is 0 Å². The average molecular weight is 332 g/mol. The lowest BCUT2D eigenvalue weighted by Crippen LogP contribution is -2.45. The molecule has 0 bridgehead atoms. The zero-order valence-electron chi connectivity index (χ0n) is 13.0. The van der Waals surface area contributed by atoms with Crippen molar-refractivity contribution in [1.82, 2.24) is 4.90 Å². The summed E-state index contributed by atoms with van der Waals surface area (Å²) in [6.45, 7) is 1.27. The smallest absolute Gasteiger partial charge is 0.253 e. The Morgan fingerprint density at radius 2 is 1.79 bits per heavy atom. The number of nitrogens with zero attached hydrogens (tertiary/aromatic N) is 1. The van der Waals surface area contributed by atoms with Gasteiger partial charge in [-0.15, -0.1) is 0 Å². The highest BCUT2D eigenvalue weighted by atomic mass is 19.2. The Kier molecular flexibility index (Phi) is 4.76. The van der Waals surface area contributed by atoms with Crippen LogP contribution in [0.25, 0.3) is 0 Å². The highest BCUT2D eigenvalue weighted by Crippen LogP contribution is 2.24. The van der Waals surface area contributed by atoms with Crippen LogP contribution in [0.1, 0.15) is 23.2 Å². The fourth-order valence-electron chi connectivity index (χ4n) is 2.72. The van der Waals surface area contributed by atoms with E-state index in [0.29, 0.717) is 24.4 Å². The van der Waals surface area contributed by atoms with Gasteiger partial charge < -0.3 is 15.4 Å². The largest absolute Gasteiger partial charge is 0.457 e. The van der Waals surface area contributed by atoms with Crippen LogP contribution < -0.4 is 10.5 Å². The van der Waals surface area contributed by atoms with E-state index in [1.165, 1.54) is 6.07 Å². The standard InChI is InChI=1S/C18H18F2N2O2/c19-16-8-7-15(10-17(16)20)24-14-5-3-12(4-6-14)18(23)22-9-1-2-13(21)11-22/h3-8,10,13H,1-2,9,11,21H2. The highest BCUT2D eigenvalue weighted by molar-refractivity contribution is 5.94. The number of rotatable bonds is 3. The lowest BCUT2D eigenvalue weighted by molar-refractivity contribution is 0.0709. The number of halogens is 2. The van der Waals surface area contributed by atoms with Gasteiger partial charge in [-0.25, -0.2) is 8.78 Å². The average Bonchev–Trinajstić information content (AvgIpc) is 2.58. The normalized spacial score (nSPS) is 17.6. The first-order chi connectivity index (χ1) is 11.5. The molecule has 1 fully saturated rings. The van der Waals surface area contributed by atoms with E-state index in [4.69, 9.17) is 10.5 Å². The summed E-state index contributed by atoms with van der Waals surface area (Å²) in [6, 6.07) is 9.89. The van der Waals surface area contributed by atoms with Crippen molar-refractivity contribution in [2.45, 2.75) is 18.9 Å². The molecule has 4 nitrogen and oxygen atoms in total. The minimum absolute atomic E-state index is 0.0266. The molecule has 1 unspecified atom stereocenters. The van der Waals surface area contributed by atoms with Crippen LogP contribution in [-0.4, -0.2) is 29.9 Å². The molecule has 0 spiro atoms. The monoisotopic (exact) mass is 332 g/mol. The van der Waals surface area contributed by atoms with E-state index in [-0.39, 0.29) is 17.7 Å². The molecule has 2 aromatic rings. The van der Waals surface area contributed by atoms with Crippen molar-refractivity contribution >= 4 is 5.91 Å². The summed E-state index contributed by atoms with van der Waals surface area (Å²) < 4.78 is 31.5. The van der Waals surface area contributed by atoms with E-state index in [0.717, 1.165) is 25.0 Å². The number of benzene rings is 2. The molecule has 1 amide bonds.